The standard InChI is InChI=1S/C12H17IN2O/c1-8(2)11(7-13)15-12(16)10-4-5-14-9(3)6-10/h4-6,8,11H,7H2,1-3H3,(H,15,16). The smallest absolute Gasteiger partial charge is 0.251 e. The molecule has 1 atom stereocenters. The van der Waals surface area contributed by atoms with Crippen LogP contribution >= 0.6 is 22.6 Å². The van der Waals surface area contributed by atoms with Gasteiger partial charge in [0.15, 0.2) is 0 Å². The van der Waals surface area contributed by atoms with Gasteiger partial charge in [-0.2, -0.15) is 0 Å². The van der Waals surface area contributed by atoms with Gasteiger partial charge in [0.1, 0.15) is 0 Å². The summed E-state index contributed by atoms with van der Waals surface area (Å²) in [6.07, 6.45) is 1.67. The van der Waals surface area contributed by atoms with Crippen LogP contribution in [0.15, 0.2) is 18.3 Å². The first kappa shape index (κ1) is 13.4. The monoisotopic (exact) mass is 332 g/mol. The van der Waals surface area contributed by atoms with E-state index in [1.807, 2.05) is 6.92 Å². The van der Waals surface area contributed by atoms with Crippen molar-refractivity contribution in [2.24, 2.45) is 5.92 Å². The molecule has 1 N–H and O–H groups in total. The fourth-order valence-corrected chi connectivity index (χ4v) is 2.56. The summed E-state index contributed by atoms with van der Waals surface area (Å²) in [5.41, 5.74) is 1.55. The second kappa shape index (κ2) is 6.18. The van der Waals surface area contributed by atoms with Crippen LogP contribution in [0.25, 0.3) is 0 Å². The maximum atomic E-state index is 11.9. The van der Waals surface area contributed by atoms with Gasteiger partial charge in [-0.15, -0.1) is 0 Å². The maximum absolute atomic E-state index is 11.9. The summed E-state index contributed by atoms with van der Waals surface area (Å²) in [6.45, 7) is 6.11. The van der Waals surface area contributed by atoms with Crippen LogP contribution < -0.4 is 5.32 Å². The summed E-state index contributed by atoms with van der Waals surface area (Å²) < 4.78 is 0.922. The third-order valence-electron chi connectivity index (χ3n) is 2.45. The van der Waals surface area contributed by atoms with Gasteiger partial charge >= 0.3 is 0 Å². The number of hydrogen-bond acceptors (Lipinski definition) is 2. The molecule has 1 unspecified atom stereocenters. The average molecular weight is 332 g/mol. The van der Waals surface area contributed by atoms with E-state index in [2.05, 4.69) is 46.7 Å². The molecule has 0 aliphatic rings. The van der Waals surface area contributed by atoms with Gasteiger partial charge in [0.25, 0.3) is 5.91 Å². The summed E-state index contributed by atoms with van der Waals surface area (Å²) in [5, 5.41) is 3.04. The zero-order valence-corrected chi connectivity index (χ0v) is 12.0. The molecule has 1 aromatic rings. The largest absolute Gasteiger partial charge is 0.348 e. The Morgan fingerprint density at radius 3 is 2.75 bits per heavy atom. The van der Waals surface area contributed by atoms with Crippen molar-refractivity contribution in [2.75, 3.05) is 4.43 Å². The molecule has 0 saturated heterocycles. The minimum atomic E-state index is -0.0131. The molecule has 3 nitrogen and oxygen atoms in total. The summed E-state index contributed by atoms with van der Waals surface area (Å²) in [5.74, 6) is 0.435. The molecule has 16 heavy (non-hydrogen) atoms. The number of nitrogens with one attached hydrogen (secondary N) is 1. The normalized spacial score (nSPS) is 12.6. The van der Waals surface area contributed by atoms with Crippen LogP contribution in [-0.2, 0) is 0 Å². The Hall–Kier alpha value is -0.650. The van der Waals surface area contributed by atoms with Crippen LogP contribution in [0.3, 0.4) is 0 Å². The summed E-state index contributed by atoms with van der Waals surface area (Å²) in [7, 11) is 0. The third-order valence-corrected chi connectivity index (χ3v) is 3.40. The third kappa shape index (κ3) is 3.73. The molecule has 1 amide bonds. The van der Waals surface area contributed by atoms with Crippen LogP contribution in [0.1, 0.15) is 29.9 Å². The molecule has 0 bridgehead atoms. The lowest BCUT2D eigenvalue weighted by Crippen LogP contribution is -2.39. The molecule has 0 radical (unpaired) electrons. The van der Waals surface area contributed by atoms with Gasteiger partial charge in [0.2, 0.25) is 0 Å². The van der Waals surface area contributed by atoms with E-state index in [1.54, 1.807) is 18.3 Å². The molecular weight excluding hydrogens is 315 g/mol. The minimum absolute atomic E-state index is 0.0131. The molecule has 0 aliphatic heterocycles. The average Bonchev–Trinajstić information content (AvgIpc) is 2.25. The molecule has 0 spiro atoms. The number of carbonyl (C=O) groups excluding carboxylic acids is 1. The van der Waals surface area contributed by atoms with Crippen LogP contribution in [-0.4, -0.2) is 21.4 Å². The molecule has 0 aromatic carbocycles. The van der Waals surface area contributed by atoms with Gasteiger partial charge in [0.05, 0.1) is 0 Å². The highest BCUT2D eigenvalue weighted by molar-refractivity contribution is 14.1. The van der Waals surface area contributed by atoms with E-state index < -0.39 is 0 Å². The predicted molar refractivity (Wildman–Crippen MR) is 74.0 cm³/mol. The van der Waals surface area contributed by atoms with Crippen molar-refractivity contribution in [3.05, 3.63) is 29.6 Å². The van der Waals surface area contributed by atoms with E-state index in [9.17, 15) is 4.79 Å². The fraction of sp³-hybridized carbons (Fsp3) is 0.500. The fourth-order valence-electron chi connectivity index (χ4n) is 1.32. The van der Waals surface area contributed by atoms with Crippen LogP contribution in [0.5, 0.6) is 0 Å². The number of amides is 1. The lowest BCUT2D eigenvalue weighted by Gasteiger charge is -2.19. The zero-order valence-electron chi connectivity index (χ0n) is 9.83. The van der Waals surface area contributed by atoms with Crippen molar-refractivity contribution in [1.82, 2.24) is 10.3 Å². The highest BCUT2D eigenvalue weighted by Gasteiger charge is 2.15. The Morgan fingerprint density at radius 2 is 2.25 bits per heavy atom. The SMILES string of the molecule is Cc1cc(C(=O)NC(CI)C(C)C)ccn1. The van der Waals surface area contributed by atoms with Crippen molar-refractivity contribution in [1.29, 1.82) is 0 Å². The minimum Gasteiger partial charge on any atom is -0.348 e. The summed E-state index contributed by atoms with van der Waals surface area (Å²) >= 11 is 2.30. The summed E-state index contributed by atoms with van der Waals surface area (Å²) in [6, 6.07) is 3.77. The number of nitrogens with zero attached hydrogens (tertiary/aromatic N) is 1. The molecule has 1 aromatic heterocycles. The van der Waals surface area contributed by atoms with Gasteiger partial charge < -0.3 is 5.32 Å². The van der Waals surface area contributed by atoms with Gasteiger partial charge in [-0.1, -0.05) is 36.4 Å². The van der Waals surface area contributed by atoms with Crippen LogP contribution in [0.4, 0.5) is 0 Å². The number of pyridine rings is 1. The van der Waals surface area contributed by atoms with Gasteiger partial charge in [0, 0.05) is 27.9 Å². The molecule has 0 fully saturated rings. The lowest BCUT2D eigenvalue weighted by atomic mass is 10.1. The van der Waals surface area contributed by atoms with Gasteiger partial charge in [-0.05, 0) is 25.0 Å². The quantitative estimate of drug-likeness (QED) is 0.680. The van der Waals surface area contributed by atoms with Gasteiger partial charge in [-0.3, -0.25) is 9.78 Å². The number of halogens is 1. The lowest BCUT2D eigenvalue weighted by molar-refractivity contribution is 0.0932. The first-order chi connectivity index (χ1) is 7.54. The number of aromatic nitrogens is 1. The van der Waals surface area contributed by atoms with E-state index in [4.69, 9.17) is 0 Å². The Bertz CT molecular complexity index is 366. The molecule has 4 heteroatoms. The topological polar surface area (TPSA) is 42.0 Å². The van der Waals surface area contributed by atoms with Crippen molar-refractivity contribution < 1.29 is 4.79 Å². The number of carbonyl (C=O) groups is 1. The Labute approximate surface area is 110 Å². The van der Waals surface area contributed by atoms with Crippen molar-refractivity contribution >= 4 is 28.5 Å². The Kier molecular flexibility index (Phi) is 5.18. The molecule has 1 rings (SSSR count). The number of hydrogen-bond donors (Lipinski definition) is 1. The molecule has 0 aliphatic carbocycles. The van der Waals surface area contributed by atoms with Crippen molar-refractivity contribution in [3.8, 4) is 0 Å². The number of rotatable bonds is 4. The second-order valence-electron chi connectivity index (χ2n) is 4.16. The highest BCUT2D eigenvalue weighted by atomic mass is 127. The molecule has 1 heterocycles. The number of alkyl halides is 1. The van der Waals surface area contributed by atoms with E-state index in [0.717, 1.165) is 10.1 Å². The molecular formula is C12H17IN2O. The number of aryl methyl sites for hydroxylation is 1. The first-order valence-electron chi connectivity index (χ1n) is 5.34. The maximum Gasteiger partial charge on any atom is 0.251 e. The van der Waals surface area contributed by atoms with Crippen LogP contribution in [0.2, 0.25) is 0 Å². The Morgan fingerprint density at radius 1 is 1.56 bits per heavy atom. The van der Waals surface area contributed by atoms with Crippen molar-refractivity contribution in [3.63, 3.8) is 0 Å². The molecule has 0 saturated carbocycles. The van der Waals surface area contributed by atoms with Gasteiger partial charge in [-0.25, -0.2) is 0 Å². The van der Waals surface area contributed by atoms with E-state index >= 15 is 0 Å². The van der Waals surface area contributed by atoms with Crippen LogP contribution in [0, 0.1) is 12.8 Å². The predicted octanol–water partition coefficient (Wildman–Crippen LogP) is 2.58. The van der Waals surface area contributed by atoms with E-state index in [-0.39, 0.29) is 11.9 Å². The first-order valence-corrected chi connectivity index (χ1v) is 6.86. The Balaban J connectivity index is 2.72. The zero-order chi connectivity index (χ0) is 12.1. The van der Waals surface area contributed by atoms with Crippen molar-refractivity contribution in [2.45, 2.75) is 26.8 Å². The summed E-state index contributed by atoms with van der Waals surface area (Å²) in [4.78, 5) is 16.0. The van der Waals surface area contributed by atoms with E-state index in [0.29, 0.717) is 11.5 Å². The molecule has 88 valence electrons. The second-order valence-corrected chi connectivity index (χ2v) is 5.04. The van der Waals surface area contributed by atoms with E-state index in [1.165, 1.54) is 0 Å². The highest BCUT2D eigenvalue weighted by Crippen LogP contribution is 2.07.